The van der Waals surface area contributed by atoms with E-state index in [4.69, 9.17) is 15.2 Å². The second kappa shape index (κ2) is 7.58. The van der Waals surface area contributed by atoms with Crippen molar-refractivity contribution in [3.8, 4) is 0 Å². The van der Waals surface area contributed by atoms with Gasteiger partial charge in [0.1, 0.15) is 5.54 Å². The number of morpholine rings is 1. The van der Waals surface area contributed by atoms with Crippen molar-refractivity contribution in [3.05, 3.63) is 29.8 Å². The topological polar surface area (TPSA) is 93.9 Å². The van der Waals surface area contributed by atoms with Gasteiger partial charge in [-0.05, 0) is 31.2 Å². The van der Waals surface area contributed by atoms with Gasteiger partial charge in [-0.3, -0.25) is 9.59 Å². The molecule has 1 heterocycles. The molecule has 1 aromatic carbocycles. The van der Waals surface area contributed by atoms with Crippen LogP contribution in [0.1, 0.15) is 37.6 Å². The molecule has 2 amide bonds. The van der Waals surface area contributed by atoms with Gasteiger partial charge in [0.25, 0.3) is 5.91 Å². The number of hydrogen-bond donors (Lipinski definition) is 2. The Hall–Kier alpha value is -1.96. The summed E-state index contributed by atoms with van der Waals surface area (Å²) in [4.78, 5) is 27.0. The van der Waals surface area contributed by atoms with Crippen LogP contribution in [0.4, 0.5) is 5.69 Å². The highest BCUT2D eigenvalue weighted by Gasteiger charge is 2.62. The highest BCUT2D eigenvalue weighted by atomic mass is 16.5. The lowest BCUT2D eigenvalue weighted by atomic mass is 9.54. The number of ether oxygens (including phenoxy) is 2. The maximum Gasteiger partial charge on any atom is 0.254 e. The fraction of sp³-hybridized carbons (Fsp3) is 0.600. The van der Waals surface area contributed by atoms with E-state index in [1.165, 1.54) is 0 Å². The maximum absolute atomic E-state index is 12.8. The van der Waals surface area contributed by atoms with Crippen molar-refractivity contribution in [2.24, 2.45) is 11.1 Å². The predicted molar refractivity (Wildman–Crippen MR) is 103 cm³/mol. The van der Waals surface area contributed by atoms with Gasteiger partial charge < -0.3 is 25.4 Å². The fourth-order valence-corrected chi connectivity index (χ4v) is 3.71. The normalized spacial score (nSPS) is 27.0. The lowest BCUT2D eigenvalue weighted by Gasteiger charge is -2.57. The molecule has 2 atom stereocenters. The van der Waals surface area contributed by atoms with E-state index in [1.807, 2.05) is 20.8 Å². The van der Waals surface area contributed by atoms with Crippen LogP contribution < -0.4 is 11.1 Å². The van der Waals surface area contributed by atoms with Crippen LogP contribution in [0.2, 0.25) is 0 Å². The minimum absolute atomic E-state index is 0.0215. The Morgan fingerprint density at radius 2 is 1.89 bits per heavy atom. The Kier molecular flexibility index (Phi) is 5.55. The summed E-state index contributed by atoms with van der Waals surface area (Å²) in [7, 11) is 0. The molecule has 27 heavy (non-hydrogen) atoms. The van der Waals surface area contributed by atoms with E-state index in [-0.39, 0.29) is 17.9 Å². The van der Waals surface area contributed by atoms with Crippen LogP contribution in [0.5, 0.6) is 0 Å². The van der Waals surface area contributed by atoms with Crippen LogP contribution >= 0.6 is 0 Å². The average Bonchev–Trinajstić information content (AvgIpc) is 2.68. The molecule has 1 aliphatic carbocycles. The summed E-state index contributed by atoms with van der Waals surface area (Å²) in [6.07, 6.45) is 0.472. The number of nitrogens with zero attached hydrogens (tertiary/aromatic N) is 1. The van der Waals surface area contributed by atoms with Crippen molar-refractivity contribution < 1.29 is 19.1 Å². The number of rotatable bonds is 5. The van der Waals surface area contributed by atoms with Gasteiger partial charge in [-0.1, -0.05) is 13.8 Å². The first kappa shape index (κ1) is 19.8. The largest absolute Gasteiger partial charge is 0.378 e. The van der Waals surface area contributed by atoms with E-state index in [9.17, 15) is 9.59 Å². The summed E-state index contributed by atoms with van der Waals surface area (Å²) in [5, 5.41) is 2.88. The van der Waals surface area contributed by atoms with Gasteiger partial charge in [-0.25, -0.2) is 0 Å². The van der Waals surface area contributed by atoms with Crippen LogP contribution in [-0.4, -0.2) is 61.3 Å². The first-order valence-electron chi connectivity index (χ1n) is 9.48. The maximum atomic E-state index is 12.8. The molecule has 7 heteroatoms. The molecule has 3 N–H and O–H groups in total. The smallest absolute Gasteiger partial charge is 0.254 e. The van der Waals surface area contributed by atoms with Crippen molar-refractivity contribution >= 4 is 17.5 Å². The molecule has 7 nitrogen and oxygen atoms in total. The number of anilines is 1. The zero-order chi connectivity index (χ0) is 19.7. The van der Waals surface area contributed by atoms with E-state index in [0.29, 0.717) is 50.6 Å². The van der Waals surface area contributed by atoms with Crippen LogP contribution in [0.15, 0.2) is 24.3 Å². The lowest BCUT2D eigenvalue weighted by Crippen LogP contribution is -2.74. The number of amides is 2. The Balaban J connectivity index is 1.63. The predicted octanol–water partition coefficient (Wildman–Crippen LogP) is 1.63. The van der Waals surface area contributed by atoms with Crippen LogP contribution in [0, 0.1) is 5.41 Å². The summed E-state index contributed by atoms with van der Waals surface area (Å²) in [5.41, 5.74) is 6.20. The molecule has 1 aromatic rings. The Labute approximate surface area is 160 Å². The molecule has 1 saturated heterocycles. The summed E-state index contributed by atoms with van der Waals surface area (Å²) < 4.78 is 11.0. The first-order chi connectivity index (χ1) is 12.8. The molecular formula is C20H29N3O4. The van der Waals surface area contributed by atoms with Gasteiger partial charge >= 0.3 is 0 Å². The summed E-state index contributed by atoms with van der Waals surface area (Å²) in [6.45, 7) is 8.79. The van der Waals surface area contributed by atoms with Crippen LogP contribution in [0.3, 0.4) is 0 Å². The Bertz CT molecular complexity index is 698. The summed E-state index contributed by atoms with van der Waals surface area (Å²) in [6, 6.07) is 6.93. The first-order valence-corrected chi connectivity index (χ1v) is 9.48. The zero-order valence-corrected chi connectivity index (χ0v) is 16.3. The minimum atomic E-state index is -0.977. The summed E-state index contributed by atoms with van der Waals surface area (Å²) >= 11 is 0. The standard InChI is InChI=1S/C20H29N3O4/c1-4-27-16-13-20(21,19(16,2)3)18(25)22-15-7-5-14(6-8-15)17(24)23-9-11-26-12-10-23/h5-8,16H,4,9-13,21H2,1-3H3,(H,22,25). The molecule has 2 aliphatic rings. The number of benzene rings is 1. The molecule has 148 valence electrons. The molecule has 0 spiro atoms. The second-order valence-corrected chi connectivity index (χ2v) is 7.78. The third kappa shape index (κ3) is 3.59. The summed E-state index contributed by atoms with van der Waals surface area (Å²) in [5.74, 6) is -0.248. The molecule has 0 aromatic heterocycles. The lowest BCUT2D eigenvalue weighted by molar-refractivity contribution is -0.166. The van der Waals surface area contributed by atoms with Gasteiger partial charge in [0.15, 0.2) is 0 Å². The number of nitrogens with two attached hydrogens (primary N) is 1. The van der Waals surface area contributed by atoms with Crippen LogP contribution in [-0.2, 0) is 14.3 Å². The molecule has 2 unspecified atom stereocenters. The van der Waals surface area contributed by atoms with Crippen molar-refractivity contribution in [3.63, 3.8) is 0 Å². The van der Waals surface area contributed by atoms with Gasteiger partial charge in [0.2, 0.25) is 5.91 Å². The molecule has 0 radical (unpaired) electrons. The molecule has 3 rings (SSSR count). The minimum Gasteiger partial charge on any atom is -0.378 e. The monoisotopic (exact) mass is 375 g/mol. The van der Waals surface area contributed by atoms with Crippen molar-refractivity contribution in [2.45, 2.75) is 38.8 Å². The Morgan fingerprint density at radius 3 is 2.44 bits per heavy atom. The Morgan fingerprint density at radius 1 is 1.26 bits per heavy atom. The molecule has 2 fully saturated rings. The van der Waals surface area contributed by atoms with E-state index in [2.05, 4.69) is 5.32 Å². The highest BCUT2D eigenvalue weighted by molar-refractivity contribution is 6.00. The zero-order valence-electron chi connectivity index (χ0n) is 16.3. The fourth-order valence-electron chi connectivity index (χ4n) is 3.71. The number of nitrogens with one attached hydrogen (secondary N) is 1. The van der Waals surface area contributed by atoms with Gasteiger partial charge in [-0.2, -0.15) is 0 Å². The van der Waals surface area contributed by atoms with Gasteiger partial charge in [-0.15, -0.1) is 0 Å². The third-order valence-corrected chi connectivity index (χ3v) is 5.92. The quantitative estimate of drug-likeness (QED) is 0.816. The van der Waals surface area contributed by atoms with Crippen molar-refractivity contribution in [2.75, 3.05) is 38.2 Å². The van der Waals surface area contributed by atoms with Crippen molar-refractivity contribution in [1.82, 2.24) is 4.90 Å². The molecular weight excluding hydrogens is 346 g/mol. The van der Waals surface area contributed by atoms with Gasteiger partial charge in [0, 0.05) is 42.8 Å². The van der Waals surface area contributed by atoms with Crippen LogP contribution in [0.25, 0.3) is 0 Å². The van der Waals surface area contributed by atoms with E-state index < -0.39 is 11.0 Å². The van der Waals surface area contributed by atoms with E-state index in [0.717, 1.165) is 0 Å². The van der Waals surface area contributed by atoms with E-state index >= 15 is 0 Å². The second-order valence-electron chi connectivity index (χ2n) is 7.78. The molecule has 1 aliphatic heterocycles. The number of carbonyl (C=O) groups excluding carboxylic acids is 2. The number of carbonyl (C=O) groups is 2. The SMILES string of the molecule is CCOC1CC(N)(C(=O)Nc2ccc(C(=O)N3CCOCC3)cc2)C1(C)C. The average molecular weight is 375 g/mol. The molecule has 1 saturated carbocycles. The van der Waals surface area contributed by atoms with Gasteiger partial charge in [0.05, 0.1) is 19.3 Å². The highest BCUT2D eigenvalue weighted by Crippen LogP contribution is 2.50. The number of hydrogen-bond acceptors (Lipinski definition) is 5. The van der Waals surface area contributed by atoms with Crippen molar-refractivity contribution in [1.29, 1.82) is 0 Å². The molecule has 0 bridgehead atoms. The third-order valence-electron chi connectivity index (χ3n) is 5.92. The van der Waals surface area contributed by atoms with E-state index in [1.54, 1.807) is 29.2 Å².